The molecule has 0 bridgehead atoms. The molecule has 0 spiro atoms. The Morgan fingerprint density at radius 1 is 0.870 bits per heavy atom. The number of alkyl halides is 3. The van der Waals surface area contributed by atoms with Gasteiger partial charge in [0.2, 0.25) is 5.88 Å². The number of allylic oxidation sites excluding steroid dienone is 2. The Hall–Kier alpha value is -5.59. The van der Waals surface area contributed by atoms with Crippen LogP contribution in [0.2, 0.25) is 0 Å². The van der Waals surface area contributed by atoms with E-state index >= 15 is 0 Å². The van der Waals surface area contributed by atoms with Crippen LogP contribution in [0, 0.1) is 0 Å². The summed E-state index contributed by atoms with van der Waals surface area (Å²) < 4.78 is 46.7. The van der Waals surface area contributed by atoms with E-state index in [2.05, 4.69) is 30.8 Å². The van der Waals surface area contributed by atoms with Crippen molar-refractivity contribution in [1.29, 1.82) is 0 Å². The summed E-state index contributed by atoms with van der Waals surface area (Å²) >= 11 is 0. The predicted octanol–water partition coefficient (Wildman–Crippen LogP) is 6.01. The molecule has 1 aliphatic heterocycles. The molecule has 2 N–H and O–H groups in total. The number of nitrogens with zero attached hydrogens (tertiary/aromatic N) is 5. The first-order chi connectivity index (χ1) is 22.1. The Morgan fingerprint density at radius 3 is 2.13 bits per heavy atom. The van der Waals surface area contributed by atoms with Crippen molar-refractivity contribution in [3.8, 4) is 17.0 Å². The lowest BCUT2D eigenvalue weighted by Crippen LogP contribution is -2.27. The van der Waals surface area contributed by atoms with E-state index in [9.17, 15) is 22.8 Å². The first-order valence-electron chi connectivity index (χ1n) is 14.3. The van der Waals surface area contributed by atoms with Gasteiger partial charge in [-0.15, -0.1) is 10.2 Å². The number of aliphatic imine (C=N–C) groups is 1. The first kappa shape index (κ1) is 31.8. The number of hydrogen-bond donors (Lipinski definition) is 2. The average molecular weight is 630 g/mol. The van der Waals surface area contributed by atoms with E-state index < -0.39 is 17.8 Å². The van der Waals surface area contributed by atoms with E-state index in [0.29, 0.717) is 22.6 Å². The van der Waals surface area contributed by atoms with Crippen molar-refractivity contribution in [2.24, 2.45) is 4.99 Å². The van der Waals surface area contributed by atoms with Crippen molar-refractivity contribution in [2.45, 2.75) is 19.0 Å². The van der Waals surface area contributed by atoms with E-state index in [1.54, 1.807) is 36.4 Å². The Kier molecular flexibility index (Phi) is 9.70. The number of carbonyl (C=O) groups is 2. The second-order valence-electron chi connectivity index (χ2n) is 10.3. The maximum Gasteiger partial charge on any atom is 0.431 e. The van der Waals surface area contributed by atoms with Crippen LogP contribution in [0.15, 0.2) is 95.8 Å². The molecule has 0 atom stereocenters. The lowest BCUT2D eigenvalue weighted by Gasteiger charge is -2.15. The topological polar surface area (TPSA) is 122 Å². The highest BCUT2D eigenvalue weighted by atomic mass is 19.4. The number of aromatic nitrogens is 3. The molecule has 236 valence electrons. The molecule has 0 radical (unpaired) electrons. The molecule has 1 aliphatic rings. The molecule has 2 aromatic heterocycles. The zero-order chi connectivity index (χ0) is 32.7. The van der Waals surface area contributed by atoms with Gasteiger partial charge >= 0.3 is 6.18 Å². The van der Waals surface area contributed by atoms with Gasteiger partial charge in [0.05, 0.1) is 12.8 Å². The van der Waals surface area contributed by atoms with E-state index in [-0.39, 0.29) is 23.3 Å². The third-order valence-electron chi connectivity index (χ3n) is 7.22. The molecule has 0 saturated carbocycles. The van der Waals surface area contributed by atoms with Crippen LogP contribution in [0.4, 0.5) is 24.8 Å². The fraction of sp³-hybridized carbons (Fsp3) is 0.212. The van der Waals surface area contributed by atoms with Gasteiger partial charge in [-0.1, -0.05) is 24.3 Å². The maximum atomic E-state index is 13.9. The maximum absolute atomic E-state index is 13.9. The number of hydrogen-bond acceptors (Lipinski definition) is 8. The molecule has 2 aromatic carbocycles. The molecule has 2 amide bonds. The zero-order valence-electron chi connectivity index (χ0n) is 25.0. The minimum absolute atomic E-state index is 0.0100. The summed E-state index contributed by atoms with van der Waals surface area (Å²) in [4.78, 5) is 35.4. The van der Waals surface area contributed by atoms with Gasteiger partial charge in [-0.2, -0.15) is 13.2 Å². The van der Waals surface area contributed by atoms with Crippen molar-refractivity contribution < 1.29 is 27.5 Å². The van der Waals surface area contributed by atoms with E-state index in [1.807, 2.05) is 23.1 Å². The molecule has 0 unspecified atom stereocenters. The number of rotatable bonds is 9. The van der Waals surface area contributed by atoms with Crippen LogP contribution >= 0.6 is 0 Å². The van der Waals surface area contributed by atoms with Gasteiger partial charge in [0.1, 0.15) is 5.70 Å². The number of benzene rings is 2. The molecule has 0 aliphatic carbocycles. The lowest BCUT2D eigenvalue weighted by molar-refractivity contribution is -0.0901. The molecule has 4 aromatic rings. The number of halogens is 3. The van der Waals surface area contributed by atoms with Crippen LogP contribution < -0.4 is 15.4 Å². The third-order valence-corrected chi connectivity index (χ3v) is 7.22. The largest absolute Gasteiger partial charge is 0.481 e. The minimum Gasteiger partial charge on any atom is -0.481 e. The standard InChI is InChI=1S/C33H30F3N7O3/c1-37-26(25-12-15-30(46-2)38-20-25)19-27(33(34,35)36)39-28-13-14-29(42-41-28)40-31(44)24-7-5-6-23(18-24)21-8-10-22(11-9-21)32(45)43-16-3-4-17-43/h5-15,18-20H,3-4,16-17H2,1-2H3,(H,39,41)(H,40,42,44)/b27-19-,37-26?. The number of nitrogens with one attached hydrogen (secondary N) is 2. The van der Waals surface area contributed by atoms with Crippen molar-refractivity contribution >= 4 is 29.2 Å². The second kappa shape index (κ2) is 14.0. The SMILES string of the molecule is CN=C(/C=C(\Nc1ccc(NC(=O)c2cccc(-c3ccc(C(=O)N4CCCC4)cc3)c2)nn1)C(F)(F)F)c1ccc(OC)nc1. The Balaban J connectivity index is 1.25. The van der Waals surface area contributed by atoms with Crippen LogP contribution in [0.3, 0.4) is 0 Å². The van der Waals surface area contributed by atoms with Gasteiger partial charge in [-0.05, 0) is 72.5 Å². The first-order valence-corrected chi connectivity index (χ1v) is 14.3. The van der Waals surface area contributed by atoms with Crippen LogP contribution in [0.1, 0.15) is 39.1 Å². The normalized spacial score (nSPS) is 13.8. The lowest BCUT2D eigenvalue weighted by atomic mass is 10.0. The van der Waals surface area contributed by atoms with Crippen LogP contribution in [-0.2, 0) is 0 Å². The van der Waals surface area contributed by atoms with Crippen molar-refractivity contribution in [3.05, 3.63) is 107 Å². The fourth-order valence-corrected chi connectivity index (χ4v) is 4.80. The fourth-order valence-electron chi connectivity index (χ4n) is 4.80. The molecule has 3 heterocycles. The average Bonchev–Trinajstić information content (AvgIpc) is 3.62. The molecular formula is C33H30F3N7O3. The Labute approximate surface area is 263 Å². The van der Waals surface area contributed by atoms with E-state index in [4.69, 9.17) is 4.74 Å². The number of anilines is 2. The van der Waals surface area contributed by atoms with Crippen molar-refractivity contribution in [3.63, 3.8) is 0 Å². The molecular weight excluding hydrogens is 599 g/mol. The van der Waals surface area contributed by atoms with Gasteiger partial charge in [0.25, 0.3) is 11.8 Å². The Bertz CT molecular complexity index is 1750. The monoisotopic (exact) mass is 629 g/mol. The van der Waals surface area contributed by atoms with E-state index in [1.165, 1.54) is 38.6 Å². The van der Waals surface area contributed by atoms with E-state index in [0.717, 1.165) is 43.1 Å². The summed E-state index contributed by atoms with van der Waals surface area (Å²) in [5, 5.41) is 12.5. The molecule has 5 rings (SSSR count). The number of pyridine rings is 1. The number of amides is 2. The molecule has 1 saturated heterocycles. The minimum atomic E-state index is -4.76. The smallest absolute Gasteiger partial charge is 0.431 e. The van der Waals surface area contributed by atoms with Gasteiger partial charge in [0.15, 0.2) is 11.6 Å². The zero-order valence-corrected chi connectivity index (χ0v) is 25.0. The summed E-state index contributed by atoms with van der Waals surface area (Å²) in [5.41, 5.74) is 1.80. The van der Waals surface area contributed by atoms with Crippen LogP contribution in [0.5, 0.6) is 5.88 Å². The number of likely N-dealkylation sites (tertiary alicyclic amines) is 1. The summed E-state index contributed by atoms with van der Waals surface area (Å²) in [7, 11) is 2.80. The van der Waals surface area contributed by atoms with Gasteiger partial charge < -0.3 is 20.3 Å². The number of carbonyl (C=O) groups excluding carboxylic acids is 2. The molecule has 10 nitrogen and oxygen atoms in total. The highest BCUT2D eigenvalue weighted by molar-refractivity contribution is 6.09. The second-order valence-corrected chi connectivity index (χ2v) is 10.3. The van der Waals surface area contributed by atoms with Crippen molar-refractivity contribution in [2.75, 3.05) is 37.9 Å². The molecule has 1 fully saturated rings. The van der Waals surface area contributed by atoms with Gasteiger partial charge in [-0.3, -0.25) is 14.6 Å². The highest BCUT2D eigenvalue weighted by Crippen LogP contribution is 2.28. The predicted molar refractivity (Wildman–Crippen MR) is 168 cm³/mol. The van der Waals surface area contributed by atoms with Crippen LogP contribution in [0.25, 0.3) is 11.1 Å². The summed E-state index contributed by atoms with van der Waals surface area (Å²) in [6.07, 6.45) is -0.540. The third kappa shape index (κ3) is 7.73. The summed E-state index contributed by atoms with van der Waals surface area (Å²) in [5.74, 6) is -0.313. The summed E-state index contributed by atoms with van der Waals surface area (Å²) in [6.45, 7) is 1.54. The van der Waals surface area contributed by atoms with Gasteiger partial charge in [0, 0.05) is 49.1 Å². The quantitative estimate of drug-likeness (QED) is 0.218. The molecule has 13 heteroatoms. The highest BCUT2D eigenvalue weighted by Gasteiger charge is 2.35. The summed E-state index contributed by atoms with van der Waals surface area (Å²) in [6, 6.07) is 19.8. The number of ether oxygens (including phenoxy) is 1. The number of methoxy groups -OCH3 is 1. The Morgan fingerprint density at radius 2 is 1.54 bits per heavy atom. The molecule has 46 heavy (non-hydrogen) atoms. The van der Waals surface area contributed by atoms with Gasteiger partial charge in [-0.25, -0.2) is 4.98 Å². The van der Waals surface area contributed by atoms with Crippen LogP contribution in [-0.4, -0.2) is 71.0 Å². The van der Waals surface area contributed by atoms with Crippen molar-refractivity contribution in [1.82, 2.24) is 20.1 Å².